The maximum absolute atomic E-state index is 12.9. The van der Waals surface area contributed by atoms with Gasteiger partial charge in [-0.2, -0.15) is 0 Å². The average molecular weight is 466 g/mol. The molecule has 0 aromatic heterocycles. The number of carboxylic acid groups (broad SMARTS) is 1. The minimum Gasteiger partial charge on any atom is -0.481 e. The van der Waals surface area contributed by atoms with Gasteiger partial charge in [-0.3, -0.25) is 9.59 Å². The van der Waals surface area contributed by atoms with Crippen molar-refractivity contribution in [2.75, 3.05) is 33.8 Å². The van der Waals surface area contributed by atoms with Gasteiger partial charge in [0.05, 0.1) is 6.42 Å². The first-order valence-corrected chi connectivity index (χ1v) is 11.6. The van der Waals surface area contributed by atoms with Crippen LogP contribution in [0.5, 0.6) is 0 Å². The third kappa shape index (κ3) is 5.39. The van der Waals surface area contributed by atoms with Crippen LogP contribution in [0.1, 0.15) is 36.3 Å². The van der Waals surface area contributed by atoms with Crippen LogP contribution in [0.4, 0.5) is 4.79 Å². The zero-order valence-electron chi connectivity index (χ0n) is 19.6. The van der Waals surface area contributed by atoms with Crippen molar-refractivity contribution in [1.29, 1.82) is 0 Å². The molecule has 34 heavy (non-hydrogen) atoms. The first-order chi connectivity index (χ1) is 16.3. The Labute approximate surface area is 199 Å². The Bertz CT molecular complexity index is 1020. The second-order valence-corrected chi connectivity index (χ2v) is 9.09. The fourth-order valence-corrected chi connectivity index (χ4v) is 4.54. The molecule has 2 amide bonds. The Morgan fingerprint density at radius 2 is 1.59 bits per heavy atom. The van der Waals surface area contributed by atoms with Crippen molar-refractivity contribution in [1.82, 2.24) is 15.1 Å². The van der Waals surface area contributed by atoms with Crippen LogP contribution in [0.2, 0.25) is 0 Å². The molecule has 0 saturated heterocycles. The number of rotatable bonds is 10. The lowest BCUT2D eigenvalue weighted by Gasteiger charge is -2.26. The molecule has 1 unspecified atom stereocenters. The lowest BCUT2D eigenvalue weighted by molar-refractivity contribution is -0.142. The number of hydrogen-bond donors (Lipinski definition) is 2. The molecule has 8 heteroatoms. The average Bonchev–Trinajstić information content (AvgIpc) is 3.63. The highest BCUT2D eigenvalue weighted by molar-refractivity contribution is 5.89. The topological polar surface area (TPSA) is 99.2 Å². The van der Waals surface area contributed by atoms with Crippen LogP contribution in [0.25, 0.3) is 11.1 Å². The highest BCUT2D eigenvalue weighted by Crippen LogP contribution is 2.44. The summed E-state index contributed by atoms with van der Waals surface area (Å²) >= 11 is 0. The Morgan fingerprint density at radius 3 is 2.15 bits per heavy atom. The zero-order chi connectivity index (χ0) is 24.2. The number of aliphatic carboxylic acids is 1. The first kappa shape index (κ1) is 23.8. The van der Waals surface area contributed by atoms with Crippen molar-refractivity contribution in [3.63, 3.8) is 0 Å². The number of carbonyl (C=O) groups excluding carboxylic acids is 2. The van der Waals surface area contributed by atoms with Crippen molar-refractivity contribution < 1.29 is 24.2 Å². The SMILES string of the molecule is CN(CCN(C)C1CC1)C(=O)C(CC(=O)O)NC(=O)OCC1c2ccccc2-c2ccccc21. The summed E-state index contributed by atoms with van der Waals surface area (Å²) in [5.41, 5.74) is 4.39. The monoisotopic (exact) mass is 465 g/mol. The fraction of sp³-hybridized carbons (Fsp3) is 0.423. The quantitative estimate of drug-likeness (QED) is 0.560. The van der Waals surface area contributed by atoms with Gasteiger partial charge in [-0.05, 0) is 42.1 Å². The van der Waals surface area contributed by atoms with Gasteiger partial charge in [0.25, 0.3) is 0 Å². The number of hydrogen-bond acceptors (Lipinski definition) is 5. The van der Waals surface area contributed by atoms with E-state index in [0.717, 1.165) is 22.3 Å². The summed E-state index contributed by atoms with van der Waals surface area (Å²) in [6.07, 6.45) is 1.02. The van der Waals surface area contributed by atoms with Crippen molar-refractivity contribution in [2.24, 2.45) is 0 Å². The van der Waals surface area contributed by atoms with E-state index in [0.29, 0.717) is 19.1 Å². The minimum absolute atomic E-state index is 0.0931. The number of carboxylic acids is 1. The molecule has 8 nitrogen and oxygen atoms in total. The van der Waals surface area contributed by atoms with Crippen LogP contribution >= 0.6 is 0 Å². The molecule has 0 radical (unpaired) electrons. The lowest BCUT2D eigenvalue weighted by Crippen LogP contribution is -2.50. The van der Waals surface area contributed by atoms with Crippen molar-refractivity contribution in [3.8, 4) is 11.1 Å². The number of carbonyl (C=O) groups is 3. The molecule has 2 aromatic rings. The summed E-state index contributed by atoms with van der Waals surface area (Å²) in [4.78, 5) is 40.5. The van der Waals surface area contributed by atoms with Crippen LogP contribution in [0.15, 0.2) is 48.5 Å². The van der Waals surface area contributed by atoms with E-state index in [1.807, 2.05) is 55.6 Å². The van der Waals surface area contributed by atoms with Gasteiger partial charge in [-0.25, -0.2) is 4.79 Å². The maximum Gasteiger partial charge on any atom is 0.407 e. The number of amides is 2. The minimum atomic E-state index is -1.19. The predicted molar refractivity (Wildman–Crippen MR) is 128 cm³/mol. The molecule has 2 aliphatic rings. The number of alkyl carbamates (subject to hydrolysis) is 1. The molecule has 2 aromatic carbocycles. The van der Waals surface area contributed by atoms with E-state index in [1.165, 1.54) is 17.7 Å². The lowest BCUT2D eigenvalue weighted by atomic mass is 9.98. The number of nitrogens with zero attached hydrogens (tertiary/aromatic N) is 2. The van der Waals surface area contributed by atoms with E-state index in [1.54, 1.807) is 7.05 Å². The number of fused-ring (bicyclic) bond motifs is 3. The predicted octanol–water partition coefficient (Wildman–Crippen LogP) is 2.92. The van der Waals surface area contributed by atoms with Crippen molar-refractivity contribution >= 4 is 18.0 Å². The molecule has 180 valence electrons. The normalized spacial score (nSPS) is 15.4. The molecule has 0 bridgehead atoms. The smallest absolute Gasteiger partial charge is 0.407 e. The Morgan fingerprint density at radius 1 is 1.00 bits per heavy atom. The second-order valence-electron chi connectivity index (χ2n) is 9.09. The molecule has 1 fully saturated rings. The highest BCUT2D eigenvalue weighted by Gasteiger charge is 2.31. The van der Waals surface area contributed by atoms with E-state index in [4.69, 9.17) is 4.74 Å². The van der Waals surface area contributed by atoms with Gasteiger partial charge in [0, 0.05) is 32.1 Å². The van der Waals surface area contributed by atoms with Gasteiger partial charge in [-0.15, -0.1) is 0 Å². The summed E-state index contributed by atoms with van der Waals surface area (Å²) in [7, 11) is 3.64. The number of ether oxygens (including phenoxy) is 1. The number of nitrogens with one attached hydrogen (secondary N) is 1. The molecular formula is C26H31N3O5. The van der Waals surface area contributed by atoms with Gasteiger partial charge < -0.3 is 25.0 Å². The molecule has 2 N–H and O–H groups in total. The van der Waals surface area contributed by atoms with Gasteiger partial charge in [0.1, 0.15) is 12.6 Å². The van der Waals surface area contributed by atoms with Gasteiger partial charge in [-0.1, -0.05) is 48.5 Å². The van der Waals surface area contributed by atoms with Gasteiger partial charge in [0.2, 0.25) is 5.91 Å². The van der Waals surface area contributed by atoms with Gasteiger partial charge >= 0.3 is 12.1 Å². The third-order valence-corrected chi connectivity index (χ3v) is 6.65. The van der Waals surface area contributed by atoms with E-state index in [-0.39, 0.29) is 12.5 Å². The van der Waals surface area contributed by atoms with Gasteiger partial charge in [0.15, 0.2) is 0 Å². The van der Waals surface area contributed by atoms with Crippen LogP contribution in [0.3, 0.4) is 0 Å². The third-order valence-electron chi connectivity index (χ3n) is 6.65. The molecule has 0 spiro atoms. The summed E-state index contributed by atoms with van der Waals surface area (Å²) < 4.78 is 5.50. The van der Waals surface area contributed by atoms with Crippen LogP contribution in [0, 0.1) is 0 Å². The van der Waals surface area contributed by atoms with Crippen molar-refractivity contribution in [2.45, 2.75) is 37.3 Å². The molecular weight excluding hydrogens is 434 g/mol. The highest BCUT2D eigenvalue weighted by atomic mass is 16.5. The molecule has 0 aliphatic heterocycles. The van der Waals surface area contributed by atoms with E-state index in [2.05, 4.69) is 10.2 Å². The van der Waals surface area contributed by atoms with E-state index in [9.17, 15) is 19.5 Å². The summed E-state index contributed by atoms with van der Waals surface area (Å²) in [5.74, 6) is -1.73. The van der Waals surface area contributed by atoms with Crippen LogP contribution in [-0.4, -0.2) is 78.8 Å². The molecule has 2 aliphatic carbocycles. The van der Waals surface area contributed by atoms with Crippen molar-refractivity contribution in [3.05, 3.63) is 59.7 Å². The molecule has 0 heterocycles. The maximum atomic E-state index is 12.9. The Kier molecular flexibility index (Phi) is 7.17. The Balaban J connectivity index is 1.36. The largest absolute Gasteiger partial charge is 0.481 e. The zero-order valence-corrected chi connectivity index (χ0v) is 19.6. The molecule has 1 saturated carbocycles. The summed E-state index contributed by atoms with van der Waals surface area (Å²) in [5, 5.41) is 11.8. The van der Waals surface area contributed by atoms with E-state index < -0.39 is 30.4 Å². The standard InChI is InChI=1S/C26H31N3O5/c1-28(17-11-12-17)13-14-29(2)25(32)23(15-24(30)31)27-26(33)34-16-22-20-9-5-3-7-18(20)19-8-4-6-10-21(19)22/h3-10,17,22-23H,11-16H2,1-2H3,(H,27,33)(H,30,31). The van der Waals surface area contributed by atoms with E-state index >= 15 is 0 Å². The Hall–Kier alpha value is -3.39. The molecule has 4 rings (SSSR count). The summed E-state index contributed by atoms with van der Waals surface area (Å²) in [6, 6.07) is 15.4. The fourth-order valence-electron chi connectivity index (χ4n) is 4.54. The summed E-state index contributed by atoms with van der Waals surface area (Å²) in [6.45, 7) is 1.24. The number of likely N-dealkylation sites (N-methyl/N-ethyl adjacent to an activating group) is 2. The van der Waals surface area contributed by atoms with Crippen LogP contribution in [-0.2, 0) is 14.3 Å². The first-order valence-electron chi connectivity index (χ1n) is 11.6. The molecule has 1 atom stereocenters. The van der Waals surface area contributed by atoms with Crippen LogP contribution < -0.4 is 5.32 Å². The second kappa shape index (κ2) is 10.3. The number of benzene rings is 2.